The van der Waals surface area contributed by atoms with E-state index in [0.29, 0.717) is 35.2 Å². The van der Waals surface area contributed by atoms with Gasteiger partial charge in [-0.2, -0.15) is 0 Å². The summed E-state index contributed by atoms with van der Waals surface area (Å²) in [5.41, 5.74) is 20.3. The van der Waals surface area contributed by atoms with Gasteiger partial charge in [0.25, 0.3) is 0 Å². The maximum atomic E-state index is 12.9. The molecule has 12 aromatic rings. The number of nitrogens with one attached hydrogen (secondary N) is 2. The van der Waals surface area contributed by atoms with E-state index >= 15 is 0 Å². The van der Waals surface area contributed by atoms with Crippen molar-refractivity contribution < 1.29 is 48.1 Å². The molecule has 0 saturated heterocycles. The van der Waals surface area contributed by atoms with Gasteiger partial charge in [0, 0.05) is 76.9 Å². The van der Waals surface area contributed by atoms with E-state index in [2.05, 4.69) is 25.6 Å². The lowest BCUT2D eigenvalue weighted by Crippen LogP contribution is -2.27. The zero-order chi connectivity index (χ0) is 74.3. The summed E-state index contributed by atoms with van der Waals surface area (Å²) in [5.74, 6) is -3.43. The van der Waals surface area contributed by atoms with Gasteiger partial charge >= 0.3 is 23.9 Å². The average Bonchev–Trinajstić information content (AvgIpc) is 0.774. The van der Waals surface area contributed by atoms with Crippen molar-refractivity contribution in [3.8, 4) is 0 Å². The molecule has 0 unspecified atom stereocenters. The average molecular weight is 1430 g/mol. The van der Waals surface area contributed by atoms with Crippen LogP contribution in [-0.2, 0) is 48.4 Å². The van der Waals surface area contributed by atoms with Gasteiger partial charge in [0.1, 0.15) is 19.8 Å². The van der Waals surface area contributed by atoms with E-state index in [4.69, 9.17) is 30.8 Å². The Morgan fingerprint density at radius 2 is 0.679 bits per heavy atom. The first-order valence-electron chi connectivity index (χ1n) is 34.5. The Bertz CT molecular complexity index is 4390. The van der Waals surface area contributed by atoms with Crippen LogP contribution in [-0.4, -0.2) is 62.3 Å². The highest BCUT2D eigenvalue weighted by Crippen LogP contribution is 2.27. The molecule has 17 nitrogen and oxygen atoms in total. The number of carboxylic acids is 1. The second-order valence-corrected chi connectivity index (χ2v) is 22.4. The summed E-state index contributed by atoms with van der Waals surface area (Å²) < 4.78 is 16.0. The topological polar surface area (TPSA) is 265 Å². The summed E-state index contributed by atoms with van der Waals surface area (Å²) in [6.07, 6.45) is 11.8. The van der Waals surface area contributed by atoms with Crippen LogP contribution in [0, 0.1) is 0 Å². The molecule has 0 bridgehead atoms. The smallest absolute Gasteiger partial charge is 0.338 e. The van der Waals surface area contributed by atoms with Crippen LogP contribution in [0.4, 0.5) is 17.1 Å². The first-order chi connectivity index (χ1) is 50.2. The Labute approximate surface area is 625 Å². The molecule has 3 atom stereocenters. The van der Waals surface area contributed by atoms with Crippen LogP contribution in [0.25, 0.3) is 32.3 Å². The Morgan fingerprint density at radius 3 is 1.00 bits per heavy atom. The summed E-state index contributed by atoms with van der Waals surface area (Å²) in [7, 11) is 0. The fraction of sp³-hybridized carbons (Fsp3) is 0.225. The van der Waals surface area contributed by atoms with Crippen molar-refractivity contribution in [2.75, 3.05) is 22.9 Å². The number of benzene rings is 9. The predicted molar refractivity (Wildman–Crippen MR) is 433 cm³/mol. The quantitative estimate of drug-likeness (QED) is 0.0270. The summed E-state index contributed by atoms with van der Waals surface area (Å²) in [4.78, 5) is 85.2. The highest BCUT2D eigenvalue weighted by atomic mass is 16.5. The molecule has 2 amide bonds. The molecule has 0 saturated carbocycles. The number of pyridine rings is 3. The third kappa shape index (κ3) is 27.2. The number of hydrogen-bond acceptors (Lipinski definition) is 14. The minimum absolute atomic E-state index is 0. The van der Waals surface area contributed by atoms with Crippen molar-refractivity contribution in [1.82, 2.24) is 15.0 Å². The van der Waals surface area contributed by atoms with Crippen LogP contribution in [0.2, 0.25) is 0 Å². The summed E-state index contributed by atoms with van der Waals surface area (Å²) in [6.45, 7) is 16.5. The van der Waals surface area contributed by atoms with Gasteiger partial charge < -0.3 is 41.4 Å². The molecule has 12 rings (SSSR count). The molecule has 9 aromatic carbocycles. The number of nitrogens with zero attached hydrogens (tertiary/aromatic N) is 3. The van der Waals surface area contributed by atoms with Gasteiger partial charge in [-0.25, -0.2) is 14.4 Å². The van der Waals surface area contributed by atoms with Crippen LogP contribution >= 0.6 is 0 Å². The van der Waals surface area contributed by atoms with Crippen molar-refractivity contribution in [3.63, 3.8) is 0 Å². The van der Waals surface area contributed by atoms with Crippen LogP contribution in [0.1, 0.15) is 173 Å². The molecule has 0 fully saturated rings. The Morgan fingerprint density at radius 1 is 0.377 bits per heavy atom. The minimum Gasteiger partial charge on any atom is -0.481 e. The number of aliphatic carboxylic acids is 1. The Kier molecular flexibility index (Phi) is 39.7. The van der Waals surface area contributed by atoms with Gasteiger partial charge in [0.2, 0.25) is 11.8 Å². The summed E-state index contributed by atoms with van der Waals surface area (Å²) in [5, 5.41) is 21.4. The van der Waals surface area contributed by atoms with E-state index in [0.717, 1.165) is 77.1 Å². The van der Waals surface area contributed by atoms with Crippen molar-refractivity contribution in [1.29, 1.82) is 0 Å². The predicted octanol–water partition coefficient (Wildman–Crippen LogP) is 20.4. The number of ether oxygens (including phenoxy) is 3. The lowest BCUT2D eigenvalue weighted by atomic mass is 9.94. The highest BCUT2D eigenvalue weighted by Gasteiger charge is 2.22. The normalized spacial score (nSPS) is 10.7. The molecule has 0 radical (unpaired) electrons. The Hall–Kier alpha value is -12.2. The zero-order valence-corrected chi connectivity index (χ0v) is 59.6. The maximum absolute atomic E-state index is 12.9. The lowest BCUT2D eigenvalue weighted by Gasteiger charge is -2.16. The van der Waals surface area contributed by atoms with Crippen molar-refractivity contribution in [2.24, 2.45) is 5.73 Å². The molecule has 3 aromatic heterocycles. The third-order valence-electron chi connectivity index (χ3n) is 15.7. The van der Waals surface area contributed by atoms with E-state index in [1.807, 2.05) is 201 Å². The number of fused-ring (bicyclic) bond motifs is 3. The van der Waals surface area contributed by atoms with E-state index in [1.165, 1.54) is 0 Å². The number of nitrogen functional groups attached to an aromatic ring is 1. The molecule has 554 valence electrons. The zero-order valence-electron chi connectivity index (χ0n) is 59.6. The third-order valence-corrected chi connectivity index (χ3v) is 15.7. The van der Waals surface area contributed by atoms with Gasteiger partial charge in [-0.1, -0.05) is 223 Å². The molecule has 106 heavy (non-hydrogen) atoms. The molecule has 0 aliphatic rings. The first kappa shape index (κ1) is 88.0. The van der Waals surface area contributed by atoms with Crippen LogP contribution in [0.5, 0.6) is 0 Å². The molecule has 17 heteroatoms. The van der Waals surface area contributed by atoms with E-state index in [-0.39, 0.29) is 84.3 Å². The number of carbonyl (C=O) groups excluding carboxylic acids is 5. The number of esters is 3. The molecular formula is C89H103N7O10. The van der Waals surface area contributed by atoms with Gasteiger partial charge in [-0.15, -0.1) is 0 Å². The molecule has 0 aliphatic carbocycles. The largest absolute Gasteiger partial charge is 0.481 e. The Balaban J connectivity index is 0.000000371. The van der Waals surface area contributed by atoms with Crippen LogP contribution < -0.4 is 22.1 Å². The highest BCUT2D eigenvalue weighted by molar-refractivity contribution is 5.99. The van der Waals surface area contributed by atoms with Gasteiger partial charge in [0.15, 0.2) is 0 Å². The number of anilines is 3. The van der Waals surface area contributed by atoms with Crippen molar-refractivity contribution in [2.45, 2.75) is 128 Å². The number of hydrogen-bond donors (Lipinski definition) is 5. The number of amides is 2. The minimum atomic E-state index is -0.828. The summed E-state index contributed by atoms with van der Waals surface area (Å²) >= 11 is 0. The second kappa shape index (κ2) is 47.9. The van der Waals surface area contributed by atoms with Gasteiger partial charge in [-0.05, 0) is 153 Å². The molecule has 3 heterocycles. The van der Waals surface area contributed by atoms with Gasteiger partial charge in [-0.3, -0.25) is 29.3 Å². The number of rotatable bonds is 20. The lowest BCUT2D eigenvalue weighted by molar-refractivity contribution is -0.138. The van der Waals surface area contributed by atoms with E-state index in [1.54, 1.807) is 128 Å². The maximum Gasteiger partial charge on any atom is 0.338 e. The van der Waals surface area contributed by atoms with E-state index < -0.39 is 17.8 Å². The van der Waals surface area contributed by atoms with Crippen molar-refractivity contribution >= 4 is 85.1 Å². The molecule has 7 N–H and O–H groups in total. The molecule has 0 spiro atoms. The summed E-state index contributed by atoms with van der Waals surface area (Å²) in [6, 6.07) is 71.7. The fourth-order valence-electron chi connectivity index (χ4n) is 10.4. The first-order valence-corrected chi connectivity index (χ1v) is 34.5. The fourth-order valence-corrected chi connectivity index (χ4v) is 10.4. The SMILES string of the molecule is C.C.C.CC.CC.CC.CC[C@@H](C(=O)Nc1ccc2cnccc2c1)c1ccc(COC(=O)c2ccccc2)cc1.CC[C@@H](C(=O)O)c1ccc(COC(=O)c2ccccc2)cc1.NC[C@@H](C(=O)Nc1ccc2cnccc2c1)c1ccc(COC(=O)c2ccccc2)cc1.Nc1ccc2cnccc2c1. The van der Waals surface area contributed by atoms with Crippen LogP contribution in [0.15, 0.2) is 274 Å². The number of aromatic nitrogens is 3. The number of carboxylic acid groups (broad SMARTS) is 1. The standard InChI is InChI=1S/C27H24N2O3.C26H23N3O3.C18H18O4.C9H8N2.3C2H6.3CH4/c1-2-25(26(30)29-24-13-12-23-17-28-15-14-22(23)16-24)20-10-8-19(9-11-20)18-32-27(31)21-6-4-3-5-7-21;27-15-24(25(30)29-23-11-10-22-16-28-13-12-21(22)14-23)19-8-6-18(7-9-19)17-32-26(31)20-4-2-1-3-5-20;1-2-16(17(19)20)14-10-8-13(9-11-14)12-22-18(21)15-6-4-3-5-7-15;10-9-2-1-8-6-11-4-3-7(8)5-9;3*1-2;;;/h3-17,25H,2,18H2,1H3,(H,29,30);1-14,16,24H,15,17,27H2,(H,29,30);3-11,16H,2,12H2,1H3,(H,19,20);1-6H,10H2;3*1-2H3;3*1H4/t25-;24-;16-;;;;;;;/m111......./s1. The van der Waals surface area contributed by atoms with Crippen LogP contribution in [0.3, 0.4) is 0 Å². The second-order valence-electron chi connectivity index (χ2n) is 22.4. The monoisotopic (exact) mass is 1430 g/mol. The van der Waals surface area contributed by atoms with Crippen molar-refractivity contribution in [3.05, 3.63) is 324 Å². The molecular weight excluding hydrogens is 1330 g/mol. The molecule has 0 aliphatic heterocycles. The number of nitrogens with two attached hydrogens (primary N) is 2. The van der Waals surface area contributed by atoms with E-state index in [9.17, 15) is 28.8 Å². The number of carbonyl (C=O) groups is 6. The van der Waals surface area contributed by atoms with Gasteiger partial charge in [0.05, 0.1) is 34.4 Å².